The van der Waals surface area contributed by atoms with E-state index < -0.39 is 5.54 Å². The Bertz CT molecular complexity index is 422. The third-order valence-electron chi connectivity index (χ3n) is 3.39. The lowest BCUT2D eigenvalue weighted by atomic mass is 9.97. The normalized spacial score (nSPS) is 17.9. The molecular weight excluding hydrogens is 200 g/mol. The molecule has 1 aromatic heterocycles. The summed E-state index contributed by atoms with van der Waals surface area (Å²) in [5, 5.41) is 0. The first-order chi connectivity index (χ1) is 7.50. The molecule has 0 radical (unpaired) electrons. The van der Waals surface area contributed by atoms with Gasteiger partial charge in [-0.05, 0) is 32.8 Å². The van der Waals surface area contributed by atoms with E-state index in [4.69, 9.17) is 5.73 Å². The van der Waals surface area contributed by atoms with Crippen LogP contribution in [0.3, 0.4) is 0 Å². The van der Waals surface area contributed by atoms with E-state index in [-0.39, 0.29) is 5.56 Å². The monoisotopic (exact) mass is 220 g/mol. The molecule has 0 aliphatic heterocycles. The third kappa shape index (κ3) is 2.05. The van der Waals surface area contributed by atoms with Crippen molar-refractivity contribution in [1.29, 1.82) is 0 Å². The molecule has 2 N–H and O–H groups in total. The zero-order chi connectivity index (χ0) is 11.8. The van der Waals surface area contributed by atoms with Crippen LogP contribution >= 0.6 is 0 Å². The largest absolute Gasteiger partial charge is 0.322 e. The lowest BCUT2D eigenvalue weighted by Crippen LogP contribution is -2.38. The Hall–Kier alpha value is -1.09. The second-order valence-corrected chi connectivity index (χ2v) is 5.29. The van der Waals surface area contributed by atoms with Gasteiger partial charge < -0.3 is 10.3 Å². The van der Waals surface area contributed by atoms with Crippen LogP contribution in [-0.2, 0) is 5.54 Å². The number of pyridine rings is 1. The minimum Gasteiger partial charge on any atom is -0.322 e. The molecule has 0 bridgehead atoms. The van der Waals surface area contributed by atoms with Crippen LogP contribution in [0, 0.1) is 0 Å². The van der Waals surface area contributed by atoms with E-state index in [1.165, 1.54) is 12.8 Å². The quantitative estimate of drug-likeness (QED) is 0.830. The van der Waals surface area contributed by atoms with Gasteiger partial charge >= 0.3 is 0 Å². The summed E-state index contributed by atoms with van der Waals surface area (Å²) < 4.78 is 1.87. The molecule has 0 spiro atoms. The summed E-state index contributed by atoms with van der Waals surface area (Å²) in [4.78, 5) is 12.3. The van der Waals surface area contributed by atoms with E-state index >= 15 is 0 Å². The van der Waals surface area contributed by atoms with E-state index in [2.05, 4.69) is 0 Å². The fourth-order valence-electron chi connectivity index (χ4n) is 2.47. The van der Waals surface area contributed by atoms with Gasteiger partial charge in [-0.2, -0.15) is 0 Å². The van der Waals surface area contributed by atoms with Crippen molar-refractivity contribution in [2.45, 2.75) is 51.1 Å². The van der Waals surface area contributed by atoms with E-state index in [1.807, 2.05) is 36.7 Å². The summed E-state index contributed by atoms with van der Waals surface area (Å²) in [7, 11) is 0. The second-order valence-electron chi connectivity index (χ2n) is 5.29. The first kappa shape index (κ1) is 11.4. The number of nitrogens with zero attached hydrogens (tertiary/aromatic N) is 1. The van der Waals surface area contributed by atoms with Crippen molar-refractivity contribution in [1.82, 2.24) is 4.57 Å². The van der Waals surface area contributed by atoms with Gasteiger partial charge in [0.15, 0.2) is 0 Å². The fourth-order valence-corrected chi connectivity index (χ4v) is 2.47. The lowest BCUT2D eigenvalue weighted by molar-refractivity contribution is 0.478. The highest BCUT2D eigenvalue weighted by Crippen LogP contribution is 2.28. The maximum atomic E-state index is 12.3. The molecule has 88 valence electrons. The molecule has 2 rings (SSSR count). The molecule has 1 aromatic rings. The van der Waals surface area contributed by atoms with Gasteiger partial charge in [0.25, 0.3) is 5.56 Å². The van der Waals surface area contributed by atoms with E-state index in [9.17, 15) is 4.79 Å². The maximum absolute atomic E-state index is 12.3. The molecule has 0 atom stereocenters. The topological polar surface area (TPSA) is 48.0 Å². The molecule has 16 heavy (non-hydrogen) atoms. The first-order valence-corrected chi connectivity index (χ1v) is 6.00. The molecule has 0 unspecified atom stereocenters. The Kier molecular flexibility index (Phi) is 2.89. The molecular formula is C13H20N2O. The predicted octanol–water partition coefficient (Wildman–Crippen LogP) is 2.16. The standard InChI is InChI=1S/C13H20N2O/c1-13(2,14)11-8-5-9-15(12(11)16)10-6-3-4-7-10/h5,8-10H,3-4,6-7,14H2,1-2H3. The van der Waals surface area contributed by atoms with Crippen molar-refractivity contribution in [3.05, 3.63) is 34.2 Å². The Balaban J connectivity index is 2.44. The van der Waals surface area contributed by atoms with Gasteiger partial charge in [-0.15, -0.1) is 0 Å². The lowest BCUT2D eigenvalue weighted by Gasteiger charge is -2.21. The minimum atomic E-state index is -0.557. The van der Waals surface area contributed by atoms with Gasteiger partial charge in [0.1, 0.15) is 0 Å². The number of nitrogens with two attached hydrogens (primary N) is 1. The molecule has 1 aliphatic rings. The van der Waals surface area contributed by atoms with Gasteiger partial charge in [0, 0.05) is 23.3 Å². The predicted molar refractivity (Wildman–Crippen MR) is 65.4 cm³/mol. The molecule has 1 fully saturated rings. The van der Waals surface area contributed by atoms with Crippen molar-refractivity contribution in [3.8, 4) is 0 Å². The third-order valence-corrected chi connectivity index (χ3v) is 3.39. The van der Waals surface area contributed by atoms with Gasteiger partial charge in [0.05, 0.1) is 0 Å². The minimum absolute atomic E-state index is 0.0851. The molecule has 1 saturated carbocycles. The number of hydrogen-bond donors (Lipinski definition) is 1. The fraction of sp³-hybridized carbons (Fsp3) is 0.615. The van der Waals surface area contributed by atoms with E-state index in [1.54, 1.807) is 0 Å². The summed E-state index contributed by atoms with van der Waals surface area (Å²) in [6.45, 7) is 3.76. The van der Waals surface area contributed by atoms with Gasteiger partial charge in [-0.3, -0.25) is 4.79 Å². The Morgan fingerprint density at radius 1 is 1.38 bits per heavy atom. The molecule has 1 heterocycles. The summed E-state index contributed by atoms with van der Waals surface area (Å²) in [6.07, 6.45) is 6.59. The molecule has 0 saturated heterocycles. The average Bonchev–Trinajstić information content (AvgIpc) is 2.69. The number of rotatable bonds is 2. The highest BCUT2D eigenvalue weighted by Gasteiger charge is 2.23. The Morgan fingerprint density at radius 2 is 2.00 bits per heavy atom. The Morgan fingerprint density at radius 3 is 2.56 bits per heavy atom. The molecule has 3 nitrogen and oxygen atoms in total. The van der Waals surface area contributed by atoms with Crippen LogP contribution in [0.15, 0.2) is 23.1 Å². The van der Waals surface area contributed by atoms with Gasteiger partial charge in [-0.25, -0.2) is 0 Å². The van der Waals surface area contributed by atoms with E-state index in [0.717, 1.165) is 12.8 Å². The summed E-state index contributed by atoms with van der Waals surface area (Å²) in [5.74, 6) is 0. The Labute approximate surface area is 96.3 Å². The highest BCUT2D eigenvalue weighted by molar-refractivity contribution is 5.19. The molecule has 3 heteroatoms. The smallest absolute Gasteiger partial charge is 0.255 e. The van der Waals surface area contributed by atoms with Crippen LogP contribution in [0.1, 0.15) is 51.1 Å². The van der Waals surface area contributed by atoms with Crippen molar-refractivity contribution in [2.75, 3.05) is 0 Å². The molecule has 0 amide bonds. The van der Waals surface area contributed by atoms with Gasteiger partial charge in [-0.1, -0.05) is 18.9 Å². The second kappa shape index (κ2) is 4.06. The van der Waals surface area contributed by atoms with E-state index in [0.29, 0.717) is 11.6 Å². The van der Waals surface area contributed by atoms with Crippen molar-refractivity contribution in [2.24, 2.45) is 5.73 Å². The van der Waals surface area contributed by atoms with Crippen LogP contribution in [0.5, 0.6) is 0 Å². The average molecular weight is 220 g/mol. The van der Waals surface area contributed by atoms with Crippen LogP contribution in [0.25, 0.3) is 0 Å². The van der Waals surface area contributed by atoms with Crippen molar-refractivity contribution < 1.29 is 0 Å². The highest BCUT2D eigenvalue weighted by atomic mass is 16.1. The van der Waals surface area contributed by atoms with Crippen LogP contribution in [0.4, 0.5) is 0 Å². The van der Waals surface area contributed by atoms with Crippen LogP contribution < -0.4 is 11.3 Å². The van der Waals surface area contributed by atoms with Crippen molar-refractivity contribution in [3.63, 3.8) is 0 Å². The SMILES string of the molecule is CC(C)(N)c1cccn(C2CCCC2)c1=O. The number of hydrogen-bond acceptors (Lipinski definition) is 2. The van der Waals surface area contributed by atoms with Crippen LogP contribution in [-0.4, -0.2) is 4.57 Å². The van der Waals surface area contributed by atoms with Gasteiger partial charge in [0.2, 0.25) is 0 Å². The molecule has 1 aliphatic carbocycles. The molecule has 0 aromatic carbocycles. The zero-order valence-corrected chi connectivity index (χ0v) is 10.1. The number of aromatic nitrogens is 1. The summed E-state index contributed by atoms with van der Waals surface area (Å²) >= 11 is 0. The van der Waals surface area contributed by atoms with Crippen molar-refractivity contribution >= 4 is 0 Å². The summed E-state index contributed by atoms with van der Waals surface area (Å²) in [6, 6.07) is 4.16. The zero-order valence-electron chi connectivity index (χ0n) is 10.1. The maximum Gasteiger partial charge on any atom is 0.255 e. The summed E-state index contributed by atoms with van der Waals surface area (Å²) in [5.41, 5.74) is 6.25. The van der Waals surface area contributed by atoms with Crippen LogP contribution in [0.2, 0.25) is 0 Å². The first-order valence-electron chi connectivity index (χ1n) is 6.00.